The summed E-state index contributed by atoms with van der Waals surface area (Å²) in [5.74, 6) is 1.10. The van der Waals surface area contributed by atoms with Gasteiger partial charge < -0.3 is 16.4 Å². The van der Waals surface area contributed by atoms with E-state index in [2.05, 4.69) is 19.9 Å². The molecule has 0 bridgehead atoms. The Morgan fingerprint density at radius 1 is 1.21 bits per heavy atom. The molecule has 1 aliphatic carbocycles. The molecule has 1 spiro atoms. The number of rotatable bonds is 3. The van der Waals surface area contributed by atoms with E-state index < -0.39 is 6.17 Å². The molecule has 2 aliphatic rings. The van der Waals surface area contributed by atoms with Crippen LogP contribution in [0.1, 0.15) is 25.7 Å². The van der Waals surface area contributed by atoms with Crippen molar-refractivity contribution in [2.45, 2.75) is 47.8 Å². The van der Waals surface area contributed by atoms with Crippen LogP contribution < -0.4 is 16.4 Å². The average molecular weight is 443 g/mol. The largest absolute Gasteiger partial charge is 0.384 e. The Balaban J connectivity index is 1.42. The highest BCUT2D eigenvalue weighted by atomic mass is 35.5. The quantitative estimate of drug-likeness (QED) is 0.694. The van der Waals surface area contributed by atoms with Crippen LogP contribution in [0.2, 0.25) is 10.2 Å². The van der Waals surface area contributed by atoms with Gasteiger partial charge in [-0.05, 0) is 37.2 Å². The zero-order chi connectivity index (χ0) is 19.9. The molecular formula is C18H21Cl2FN6S. The Hall–Kier alpha value is -1.35. The minimum atomic E-state index is -0.764. The Labute approximate surface area is 177 Å². The van der Waals surface area contributed by atoms with Crippen LogP contribution >= 0.6 is 35.0 Å². The first-order valence-electron chi connectivity index (χ1n) is 9.12. The average Bonchev–Trinajstić information content (AvgIpc) is 2.93. The maximum atomic E-state index is 13.8. The topological polar surface area (TPSA) is 94.0 Å². The fourth-order valence-electron chi connectivity index (χ4n) is 4.16. The number of nitrogens with two attached hydrogens (primary N) is 2. The van der Waals surface area contributed by atoms with E-state index in [1.807, 2.05) is 0 Å². The molecule has 0 aromatic carbocycles. The summed E-state index contributed by atoms with van der Waals surface area (Å²) in [6.45, 7) is 1.62. The second-order valence-electron chi connectivity index (χ2n) is 7.46. The number of nitrogens with zero attached hydrogens (tertiary/aromatic N) is 4. The monoisotopic (exact) mass is 442 g/mol. The van der Waals surface area contributed by atoms with Crippen molar-refractivity contribution in [2.75, 3.05) is 23.7 Å². The van der Waals surface area contributed by atoms with Gasteiger partial charge in [0.15, 0.2) is 5.15 Å². The number of hydrogen-bond donors (Lipinski definition) is 2. The maximum absolute atomic E-state index is 13.8. The van der Waals surface area contributed by atoms with Crippen LogP contribution in [0, 0.1) is 5.41 Å². The first-order valence-corrected chi connectivity index (χ1v) is 10.7. The van der Waals surface area contributed by atoms with E-state index in [1.165, 1.54) is 11.8 Å². The van der Waals surface area contributed by atoms with Gasteiger partial charge in [0.2, 0.25) is 0 Å². The lowest BCUT2D eigenvalue weighted by Crippen LogP contribution is -2.47. The van der Waals surface area contributed by atoms with Crippen molar-refractivity contribution in [1.29, 1.82) is 0 Å². The van der Waals surface area contributed by atoms with Crippen molar-refractivity contribution in [3.63, 3.8) is 0 Å². The maximum Gasteiger partial charge on any atom is 0.151 e. The number of hydrogen-bond acceptors (Lipinski definition) is 7. The van der Waals surface area contributed by atoms with Crippen LogP contribution in [0.4, 0.5) is 16.0 Å². The number of halogens is 3. The Bertz CT molecular complexity index is 860. The molecule has 10 heteroatoms. The minimum Gasteiger partial charge on any atom is -0.384 e. The highest BCUT2D eigenvalue weighted by Gasteiger charge is 2.47. The lowest BCUT2D eigenvalue weighted by molar-refractivity contribution is 0.184. The zero-order valence-corrected chi connectivity index (χ0v) is 17.4. The summed E-state index contributed by atoms with van der Waals surface area (Å²) < 4.78 is 13.8. The summed E-state index contributed by atoms with van der Waals surface area (Å²) >= 11 is 13.5. The third-order valence-electron chi connectivity index (χ3n) is 5.74. The molecule has 1 saturated heterocycles. The lowest BCUT2D eigenvalue weighted by atomic mass is 9.74. The summed E-state index contributed by atoms with van der Waals surface area (Å²) in [7, 11) is 0. The number of piperidine rings is 1. The normalized spacial score (nSPS) is 24.1. The standard InChI is InChI=1S/C18H21Cl2FN6S/c19-16-11(6-13(23)26-17(16)20)28-15-9-24-14(8-25-15)27-3-1-18(2-4-27)7-10(21)5-12(18)22/h6,8-10,12H,1-5,7,22H2,(H2,23,26)/t10-,12-/m1/s1. The molecule has 1 aliphatic heterocycles. The molecule has 28 heavy (non-hydrogen) atoms. The summed E-state index contributed by atoms with van der Waals surface area (Å²) in [5, 5.41) is 1.18. The SMILES string of the molecule is Nc1cc(Sc2cnc(N3CCC4(CC3)C[C@H](F)C[C@H]4N)cn2)c(Cl)c(Cl)n1. The summed E-state index contributed by atoms with van der Waals surface area (Å²) in [4.78, 5) is 15.8. The number of anilines is 2. The fraction of sp³-hybridized carbons (Fsp3) is 0.500. The van der Waals surface area contributed by atoms with Gasteiger partial charge in [-0.15, -0.1) is 0 Å². The van der Waals surface area contributed by atoms with Gasteiger partial charge in [0.1, 0.15) is 22.8 Å². The molecule has 6 nitrogen and oxygen atoms in total. The first-order chi connectivity index (χ1) is 13.4. The third-order valence-corrected chi connectivity index (χ3v) is 7.57. The van der Waals surface area contributed by atoms with Gasteiger partial charge in [0.25, 0.3) is 0 Å². The molecule has 1 saturated carbocycles. The Kier molecular flexibility index (Phi) is 5.57. The van der Waals surface area contributed by atoms with Crippen molar-refractivity contribution >= 4 is 46.6 Å². The highest BCUT2D eigenvalue weighted by Crippen LogP contribution is 2.47. The van der Waals surface area contributed by atoms with E-state index in [0.29, 0.717) is 33.6 Å². The molecule has 2 aromatic rings. The van der Waals surface area contributed by atoms with E-state index in [9.17, 15) is 4.39 Å². The predicted octanol–water partition coefficient (Wildman–Crippen LogP) is 3.96. The molecule has 2 fully saturated rings. The van der Waals surface area contributed by atoms with Gasteiger partial charge in [-0.25, -0.2) is 19.3 Å². The molecule has 2 aromatic heterocycles. The van der Waals surface area contributed by atoms with Crippen LogP contribution in [0.5, 0.6) is 0 Å². The van der Waals surface area contributed by atoms with Crippen molar-refractivity contribution < 1.29 is 4.39 Å². The molecule has 0 unspecified atom stereocenters. The molecular weight excluding hydrogens is 422 g/mol. The zero-order valence-electron chi connectivity index (χ0n) is 15.1. The Morgan fingerprint density at radius 2 is 1.96 bits per heavy atom. The predicted molar refractivity (Wildman–Crippen MR) is 111 cm³/mol. The molecule has 0 radical (unpaired) electrons. The third kappa shape index (κ3) is 3.87. The number of pyridine rings is 1. The van der Waals surface area contributed by atoms with Crippen LogP contribution in [0.15, 0.2) is 28.4 Å². The summed E-state index contributed by atoms with van der Waals surface area (Å²) in [6.07, 6.45) is 5.52. The number of aromatic nitrogens is 3. The molecule has 0 amide bonds. The summed E-state index contributed by atoms with van der Waals surface area (Å²) in [6, 6.07) is 1.61. The van der Waals surface area contributed by atoms with Crippen molar-refractivity contribution in [3.8, 4) is 0 Å². The molecule has 3 heterocycles. The van der Waals surface area contributed by atoms with Crippen LogP contribution in [-0.2, 0) is 0 Å². The molecule has 150 valence electrons. The lowest BCUT2D eigenvalue weighted by Gasteiger charge is -2.42. The van der Waals surface area contributed by atoms with E-state index in [-0.39, 0.29) is 16.6 Å². The van der Waals surface area contributed by atoms with Gasteiger partial charge in [-0.3, -0.25) is 0 Å². The van der Waals surface area contributed by atoms with Gasteiger partial charge in [-0.2, -0.15) is 0 Å². The molecule has 4 rings (SSSR count). The fourth-order valence-corrected chi connectivity index (χ4v) is 5.43. The minimum absolute atomic E-state index is 0.0427. The van der Waals surface area contributed by atoms with E-state index in [0.717, 1.165) is 31.7 Å². The van der Waals surface area contributed by atoms with E-state index in [1.54, 1.807) is 18.5 Å². The Morgan fingerprint density at radius 3 is 2.57 bits per heavy atom. The van der Waals surface area contributed by atoms with Crippen LogP contribution in [-0.4, -0.2) is 40.3 Å². The van der Waals surface area contributed by atoms with Gasteiger partial charge >= 0.3 is 0 Å². The van der Waals surface area contributed by atoms with Gasteiger partial charge in [0.05, 0.1) is 17.4 Å². The van der Waals surface area contributed by atoms with Gasteiger partial charge in [0, 0.05) is 24.0 Å². The van der Waals surface area contributed by atoms with Crippen LogP contribution in [0.25, 0.3) is 0 Å². The first kappa shape index (κ1) is 19.9. The number of alkyl halides is 1. The molecule has 2 atom stereocenters. The second kappa shape index (κ2) is 7.82. The summed E-state index contributed by atoms with van der Waals surface area (Å²) in [5.41, 5.74) is 11.9. The van der Waals surface area contributed by atoms with Gasteiger partial charge in [-0.1, -0.05) is 35.0 Å². The molecule has 4 N–H and O–H groups in total. The second-order valence-corrected chi connectivity index (χ2v) is 9.26. The van der Waals surface area contributed by atoms with Crippen molar-refractivity contribution in [1.82, 2.24) is 15.0 Å². The van der Waals surface area contributed by atoms with E-state index >= 15 is 0 Å². The van der Waals surface area contributed by atoms with E-state index in [4.69, 9.17) is 34.7 Å². The smallest absolute Gasteiger partial charge is 0.151 e. The van der Waals surface area contributed by atoms with Crippen molar-refractivity contribution in [3.05, 3.63) is 28.6 Å². The van der Waals surface area contributed by atoms with Crippen LogP contribution in [0.3, 0.4) is 0 Å². The van der Waals surface area contributed by atoms with Crippen molar-refractivity contribution in [2.24, 2.45) is 11.1 Å². The number of nitrogen functional groups attached to an aromatic ring is 1. The highest BCUT2D eigenvalue weighted by molar-refractivity contribution is 7.99.